The summed E-state index contributed by atoms with van der Waals surface area (Å²) < 4.78 is 20.7. The summed E-state index contributed by atoms with van der Waals surface area (Å²) in [5.74, 6) is 1.41. The van der Waals surface area contributed by atoms with E-state index in [0.717, 1.165) is 54.3 Å². The molecule has 8 heteroatoms. The first-order valence-corrected chi connectivity index (χ1v) is 8.58. The number of aryl methyl sites for hydroxylation is 1. The molecule has 1 aliphatic heterocycles. The molecule has 7 nitrogen and oxygen atoms in total. The van der Waals surface area contributed by atoms with Crippen LogP contribution in [0.3, 0.4) is 0 Å². The van der Waals surface area contributed by atoms with Gasteiger partial charge >= 0.3 is 0 Å². The minimum Gasteiger partial charge on any atom is -0.496 e. The van der Waals surface area contributed by atoms with Crippen LogP contribution in [0.4, 0.5) is 10.2 Å². The Hall–Kier alpha value is -2.74. The average molecular weight is 356 g/mol. The summed E-state index contributed by atoms with van der Waals surface area (Å²) in [5, 5.41) is 5.24. The van der Waals surface area contributed by atoms with E-state index in [1.165, 1.54) is 6.07 Å². The monoisotopic (exact) mass is 356 g/mol. The number of methoxy groups -OCH3 is 1. The largest absolute Gasteiger partial charge is 0.496 e. The van der Waals surface area contributed by atoms with Crippen molar-refractivity contribution in [3.63, 3.8) is 0 Å². The predicted molar refractivity (Wildman–Crippen MR) is 96.7 cm³/mol. The van der Waals surface area contributed by atoms with E-state index in [1.54, 1.807) is 30.3 Å². The van der Waals surface area contributed by atoms with Crippen LogP contribution in [0.1, 0.15) is 5.56 Å². The van der Waals surface area contributed by atoms with Crippen molar-refractivity contribution in [1.82, 2.24) is 24.6 Å². The zero-order valence-corrected chi connectivity index (χ0v) is 14.9. The highest BCUT2D eigenvalue weighted by molar-refractivity contribution is 5.86. The fraction of sp³-hybridized carbons (Fsp3) is 0.389. The summed E-state index contributed by atoms with van der Waals surface area (Å²) >= 11 is 0. The minimum atomic E-state index is -0.237. The lowest BCUT2D eigenvalue weighted by atomic mass is 10.1. The topological polar surface area (TPSA) is 59.3 Å². The predicted octanol–water partition coefficient (Wildman–Crippen LogP) is 1.83. The summed E-state index contributed by atoms with van der Waals surface area (Å²) in [6, 6.07) is 4.66. The number of ether oxygens (including phenoxy) is 1. The van der Waals surface area contributed by atoms with Gasteiger partial charge in [0.15, 0.2) is 5.65 Å². The molecule has 0 atom stereocenters. The van der Waals surface area contributed by atoms with Gasteiger partial charge in [-0.15, -0.1) is 0 Å². The molecule has 0 N–H and O–H groups in total. The van der Waals surface area contributed by atoms with E-state index >= 15 is 0 Å². The molecule has 0 saturated carbocycles. The van der Waals surface area contributed by atoms with Crippen LogP contribution in [-0.2, 0) is 13.6 Å². The third kappa shape index (κ3) is 3.08. The highest BCUT2D eigenvalue weighted by Crippen LogP contribution is 2.25. The van der Waals surface area contributed by atoms with Crippen LogP contribution in [-0.4, -0.2) is 57.9 Å². The smallest absolute Gasteiger partial charge is 0.163 e. The van der Waals surface area contributed by atoms with Gasteiger partial charge in [0.25, 0.3) is 0 Å². The molecule has 0 amide bonds. The molecule has 3 aromatic rings. The maximum absolute atomic E-state index is 13.6. The van der Waals surface area contributed by atoms with Crippen molar-refractivity contribution in [2.24, 2.45) is 7.05 Å². The van der Waals surface area contributed by atoms with Crippen molar-refractivity contribution in [2.75, 3.05) is 38.2 Å². The van der Waals surface area contributed by atoms with E-state index < -0.39 is 0 Å². The van der Waals surface area contributed by atoms with Crippen LogP contribution in [0.5, 0.6) is 5.75 Å². The molecule has 1 aromatic carbocycles. The Labute approximate surface area is 151 Å². The average Bonchev–Trinajstić information content (AvgIpc) is 3.04. The molecule has 136 valence electrons. The van der Waals surface area contributed by atoms with Gasteiger partial charge in [0.05, 0.1) is 18.7 Å². The summed E-state index contributed by atoms with van der Waals surface area (Å²) in [5.41, 5.74) is 1.71. The third-order valence-corrected chi connectivity index (χ3v) is 4.82. The molecule has 1 fully saturated rings. The summed E-state index contributed by atoms with van der Waals surface area (Å²) in [6.45, 7) is 4.09. The number of aromatic nitrogens is 4. The molecule has 0 spiro atoms. The number of benzene rings is 1. The highest BCUT2D eigenvalue weighted by atomic mass is 19.1. The van der Waals surface area contributed by atoms with Crippen molar-refractivity contribution < 1.29 is 9.13 Å². The van der Waals surface area contributed by atoms with Gasteiger partial charge < -0.3 is 9.64 Å². The summed E-state index contributed by atoms with van der Waals surface area (Å²) in [4.78, 5) is 13.3. The van der Waals surface area contributed by atoms with Crippen LogP contribution in [0, 0.1) is 5.82 Å². The van der Waals surface area contributed by atoms with Crippen molar-refractivity contribution in [2.45, 2.75) is 6.54 Å². The third-order valence-electron chi connectivity index (χ3n) is 4.82. The molecule has 1 aliphatic rings. The maximum atomic E-state index is 13.6. The lowest BCUT2D eigenvalue weighted by Gasteiger charge is -2.35. The van der Waals surface area contributed by atoms with E-state index in [2.05, 4.69) is 24.9 Å². The number of nitrogens with zero attached hydrogens (tertiary/aromatic N) is 6. The highest BCUT2D eigenvalue weighted by Gasteiger charge is 2.22. The van der Waals surface area contributed by atoms with Crippen LogP contribution in [0.2, 0.25) is 0 Å². The number of anilines is 1. The van der Waals surface area contributed by atoms with E-state index in [0.29, 0.717) is 6.54 Å². The van der Waals surface area contributed by atoms with Crippen LogP contribution in [0.15, 0.2) is 30.7 Å². The molecule has 1 saturated heterocycles. The summed E-state index contributed by atoms with van der Waals surface area (Å²) in [6.07, 6.45) is 3.40. The SMILES string of the molecule is COc1ccc(F)cc1CN1CCN(c2ncnc3c2cnn3C)CC1. The number of piperazine rings is 1. The minimum absolute atomic E-state index is 0.237. The Morgan fingerprint density at radius 3 is 2.73 bits per heavy atom. The van der Waals surface area contributed by atoms with Crippen molar-refractivity contribution in [3.8, 4) is 5.75 Å². The number of hydrogen-bond acceptors (Lipinski definition) is 6. The van der Waals surface area contributed by atoms with Crippen molar-refractivity contribution in [3.05, 3.63) is 42.1 Å². The van der Waals surface area contributed by atoms with Crippen molar-refractivity contribution in [1.29, 1.82) is 0 Å². The number of rotatable bonds is 4. The first kappa shape index (κ1) is 16.7. The van der Waals surface area contributed by atoms with Crippen LogP contribution >= 0.6 is 0 Å². The number of halogens is 1. The second kappa shape index (κ2) is 6.87. The molecular formula is C18H21FN6O. The van der Waals surface area contributed by atoms with E-state index in [4.69, 9.17) is 4.74 Å². The van der Waals surface area contributed by atoms with Gasteiger partial charge in [-0.3, -0.25) is 9.58 Å². The van der Waals surface area contributed by atoms with Gasteiger partial charge in [0.2, 0.25) is 0 Å². The Kier molecular flexibility index (Phi) is 4.42. The molecule has 0 unspecified atom stereocenters. The number of fused-ring (bicyclic) bond motifs is 1. The van der Waals surface area contributed by atoms with Crippen LogP contribution in [0.25, 0.3) is 11.0 Å². The molecule has 0 radical (unpaired) electrons. The molecule has 0 aliphatic carbocycles. The molecule has 26 heavy (non-hydrogen) atoms. The van der Waals surface area contributed by atoms with Gasteiger partial charge in [0, 0.05) is 45.3 Å². The van der Waals surface area contributed by atoms with Crippen molar-refractivity contribution >= 4 is 16.9 Å². The first-order chi connectivity index (χ1) is 12.7. The summed E-state index contributed by atoms with van der Waals surface area (Å²) in [7, 11) is 3.49. The van der Waals surface area contributed by atoms with Crippen LogP contribution < -0.4 is 9.64 Å². The lowest BCUT2D eigenvalue weighted by Crippen LogP contribution is -2.46. The second-order valence-corrected chi connectivity index (χ2v) is 6.42. The Bertz CT molecular complexity index is 919. The fourth-order valence-corrected chi connectivity index (χ4v) is 3.43. The first-order valence-electron chi connectivity index (χ1n) is 8.58. The Balaban J connectivity index is 1.47. The van der Waals surface area contributed by atoms with Gasteiger partial charge in [-0.1, -0.05) is 0 Å². The van der Waals surface area contributed by atoms with Gasteiger partial charge in [0.1, 0.15) is 23.7 Å². The molecule has 3 heterocycles. The maximum Gasteiger partial charge on any atom is 0.163 e. The Morgan fingerprint density at radius 1 is 1.15 bits per heavy atom. The lowest BCUT2D eigenvalue weighted by molar-refractivity contribution is 0.245. The van der Waals surface area contributed by atoms with Gasteiger partial charge in [-0.25, -0.2) is 14.4 Å². The molecule has 4 rings (SSSR count). The zero-order chi connectivity index (χ0) is 18.1. The molecule has 2 aromatic heterocycles. The fourth-order valence-electron chi connectivity index (χ4n) is 3.43. The second-order valence-electron chi connectivity index (χ2n) is 6.42. The Morgan fingerprint density at radius 2 is 1.96 bits per heavy atom. The van der Waals surface area contributed by atoms with Gasteiger partial charge in [-0.05, 0) is 18.2 Å². The normalized spacial score (nSPS) is 15.6. The van der Waals surface area contributed by atoms with Gasteiger partial charge in [-0.2, -0.15) is 5.10 Å². The standard InChI is InChI=1S/C18H21FN6O/c1-23-17-15(10-22-23)18(21-12-20-17)25-7-5-24(6-8-25)11-13-9-14(19)3-4-16(13)26-2/h3-4,9-10,12H,5-8,11H2,1-2H3. The molecular weight excluding hydrogens is 335 g/mol. The van der Waals surface area contributed by atoms with E-state index in [1.807, 2.05) is 13.2 Å². The van der Waals surface area contributed by atoms with E-state index in [-0.39, 0.29) is 5.82 Å². The quantitative estimate of drug-likeness (QED) is 0.711. The van der Waals surface area contributed by atoms with E-state index in [9.17, 15) is 4.39 Å². The molecule has 0 bridgehead atoms. The zero-order valence-electron chi connectivity index (χ0n) is 14.9. The number of hydrogen-bond donors (Lipinski definition) is 0.